The molecule has 0 aromatic heterocycles. The van der Waals surface area contributed by atoms with E-state index in [9.17, 15) is 9.90 Å². The lowest BCUT2D eigenvalue weighted by molar-refractivity contribution is 0.00632. The molecule has 0 aliphatic rings. The summed E-state index contributed by atoms with van der Waals surface area (Å²) in [7, 11) is 0. The highest BCUT2D eigenvalue weighted by atomic mass is 16.6. The first-order valence-electron chi connectivity index (χ1n) is 6.56. The lowest BCUT2D eigenvalue weighted by Gasteiger charge is -2.23. The lowest BCUT2D eigenvalue weighted by atomic mass is 10.0. The molecule has 1 rings (SSSR count). The number of nitrogens with one attached hydrogen (secondary N) is 1. The molecule has 0 fully saturated rings. The zero-order chi connectivity index (χ0) is 15.0. The van der Waals surface area contributed by atoms with Gasteiger partial charge < -0.3 is 26.0 Å². The van der Waals surface area contributed by atoms with E-state index in [1.807, 2.05) is 30.3 Å². The first kappa shape index (κ1) is 16.4. The Hall–Kier alpha value is -1.63. The molecule has 5 N–H and O–H groups in total. The number of aliphatic hydroxyl groups excluding tert-OH is 2. The number of nitrogens with two attached hydrogens (primary N) is 1. The van der Waals surface area contributed by atoms with E-state index in [0.717, 1.165) is 5.56 Å². The molecule has 0 aliphatic heterocycles. The third kappa shape index (κ3) is 6.51. The zero-order valence-electron chi connectivity index (χ0n) is 11.5. The van der Waals surface area contributed by atoms with Gasteiger partial charge in [-0.3, -0.25) is 0 Å². The van der Waals surface area contributed by atoms with Crippen LogP contribution < -0.4 is 11.1 Å². The molecule has 6 nitrogen and oxygen atoms in total. The maximum Gasteiger partial charge on any atom is 0.404 e. The minimum absolute atomic E-state index is 0.204. The summed E-state index contributed by atoms with van der Waals surface area (Å²) in [5.74, 6) is 0. The standard InChI is InChI=1S/C14H22N2O4/c1-10(17)8-16-9-12(18)13(20-14(15)19)7-11-5-3-2-4-6-11/h2-6,10,12-13,16-18H,7-9H2,1H3,(H2,15,19). The number of carbonyl (C=O) groups excluding carboxylic acids is 1. The molecule has 3 atom stereocenters. The second kappa shape index (κ2) is 8.52. The third-order valence-electron chi connectivity index (χ3n) is 2.77. The number of amides is 1. The van der Waals surface area contributed by atoms with Crippen molar-refractivity contribution >= 4 is 6.09 Å². The number of carbonyl (C=O) groups is 1. The van der Waals surface area contributed by atoms with Crippen LogP contribution in [0.25, 0.3) is 0 Å². The van der Waals surface area contributed by atoms with Crippen molar-refractivity contribution in [1.29, 1.82) is 0 Å². The molecule has 20 heavy (non-hydrogen) atoms. The Morgan fingerprint density at radius 1 is 1.30 bits per heavy atom. The van der Waals surface area contributed by atoms with Crippen LogP contribution >= 0.6 is 0 Å². The molecule has 0 heterocycles. The average Bonchev–Trinajstić information content (AvgIpc) is 2.38. The maximum absolute atomic E-state index is 10.9. The number of hydrogen-bond acceptors (Lipinski definition) is 5. The number of ether oxygens (including phenoxy) is 1. The molecule has 1 aromatic rings. The summed E-state index contributed by atoms with van der Waals surface area (Å²) >= 11 is 0. The summed E-state index contributed by atoms with van der Waals surface area (Å²) in [4.78, 5) is 10.9. The molecule has 1 amide bonds. The van der Waals surface area contributed by atoms with Crippen LogP contribution in [0.5, 0.6) is 0 Å². The molecule has 112 valence electrons. The molecule has 0 saturated carbocycles. The smallest absolute Gasteiger partial charge is 0.404 e. The third-order valence-corrected chi connectivity index (χ3v) is 2.77. The largest absolute Gasteiger partial charge is 0.443 e. The molecule has 3 unspecified atom stereocenters. The van der Waals surface area contributed by atoms with Crippen molar-refractivity contribution in [1.82, 2.24) is 5.32 Å². The second-order valence-corrected chi connectivity index (χ2v) is 4.74. The van der Waals surface area contributed by atoms with Gasteiger partial charge in [-0.15, -0.1) is 0 Å². The summed E-state index contributed by atoms with van der Waals surface area (Å²) in [6, 6.07) is 9.39. The fourth-order valence-corrected chi connectivity index (χ4v) is 1.82. The monoisotopic (exact) mass is 282 g/mol. The van der Waals surface area contributed by atoms with E-state index in [0.29, 0.717) is 13.0 Å². The molecular formula is C14H22N2O4. The summed E-state index contributed by atoms with van der Waals surface area (Å²) in [5.41, 5.74) is 5.97. The Balaban J connectivity index is 2.56. The summed E-state index contributed by atoms with van der Waals surface area (Å²) in [5, 5.41) is 22.1. The first-order valence-corrected chi connectivity index (χ1v) is 6.56. The van der Waals surface area contributed by atoms with Gasteiger partial charge in [0.2, 0.25) is 0 Å². The highest BCUT2D eigenvalue weighted by molar-refractivity contribution is 5.64. The molecule has 1 aromatic carbocycles. The molecule has 0 bridgehead atoms. The van der Waals surface area contributed by atoms with E-state index in [1.54, 1.807) is 6.92 Å². The van der Waals surface area contributed by atoms with Crippen molar-refractivity contribution in [2.24, 2.45) is 5.73 Å². The highest BCUT2D eigenvalue weighted by Crippen LogP contribution is 2.09. The Morgan fingerprint density at radius 2 is 1.95 bits per heavy atom. The Bertz CT molecular complexity index is 397. The normalized spacial score (nSPS) is 15.3. The summed E-state index contributed by atoms with van der Waals surface area (Å²) in [6.45, 7) is 2.20. The molecular weight excluding hydrogens is 260 g/mol. The van der Waals surface area contributed by atoms with E-state index in [-0.39, 0.29) is 6.54 Å². The highest BCUT2D eigenvalue weighted by Gasteiger charge is 2.22. The number of hydrogen-bond donors (Lipinski definition) is 4. The molecule has 0 saturated heterocycles. The molecule has 6 heteroatoms. The van der Waals surface area contributed by atoms with Crippen molar-refractivity contribution in [2.75, 3.05) is 13.1 Å². The predicted molar refractivity (Wildman–Crippen MR) is 75.2 cm³/mol. The van der Waals surface area contributed by atoms with Gasteiger partial charge in [0.25, 0.3) is 0 Å². The summed E-state index contributed by atoms with van der Waals surface area (Å²) in [6.07, 6.45) is -2.67. The number of primary amides is 1. The number of rotatable bonds is 8. The SMILES string of the molecule is CC(O)CNCC(O)C(Cc1ccccc1)OC(N)=O. The van der Waals surface area contributed by atoms with Crippen molar-refractivity contribution < 1.29 is 19.7 Å². The quantitative estimate of drug-likeness (QED) is 0.538. The van der Waals surface area contributed by atoms with Crippen molar-refractivity contribution in [3.63, 3.8) is 0 Å². The average molecular weight is 282 g/mol. The van der Waals surface area contributed by atoms with Crippen molar-refractivity contribution in [3.8, 4) is 0 Å². The van der Waals surface area contributed by atoms with Gasteiger partial charge in [-0.2, -0.15) is 0 Å². The fourth-order valence-electron chi connectivity index (χ4n) is 1.82. The van der Waals surface area contributed by atoms with E-state index in [4.69, 9.17) is 15.6 Å². The van der Waals surface area contributed by atoms with Crippen molar-refractivity contribution in [2.45, 2.75) is 31.7 Å². The lowest BCUT2D eigenvalue weighted by Crippen LogP contribution is -2.42. The van der Waals surface area contributed by atoms with Crippen LogP contribution in [0, 0.1) is 0 Å². The van der Waals surface area contributed by atoms with E-state index >= 15 is 0 Å². The van der Waals surface area contributed by atoms with Crippen LogP contribution in [0.4, 0.5) is 4.79 Å². The maximum atomic E-state index is 10.9. The van der Waals surface area contributed by atoms with Gasteiger partial charge in [0.15, 0.2) is 0 Å². The van der Waals surface area contributed by atoms with E-state index < -0.39 is 24.4 Å². The van der Waals surface area contributed by atoms with Gasteiger partial charge in [-0.1, -0.05) is 30.3 Å². The van der Waals surface area contributed by atoms with Crippen LogP contribution in [-0.2, 0) is 11.2 Å². The first-order chi connectivity index (χ1) is 9.49. The van der Waals surface area contributed by atoms with Gasteiger partial charge >= 0.3 is 6.09 Å². The van der Waals surface area contributed by atoms with Crippen LogP contribution in [0.15, 0.2) is 30.3 Å². The Kier molecular flexibility index (Phi) is 7.00. The Morgan fingerprint density at radius 3 is 2.50 bits per heavy atom. The molecule has 0 spiro atoms. The zero-order valence-corrected chi connectivity index (χ0v) is 11.5. The van der Waals surface area contributed by atoms with Gasteiger partial charge in [0, 0.05) is 19.5 Å². The van der Waals surface area contributed by atoms with Gasteiger partial charge in [0.1, 0.15) is 12.2 Å². The topological polar surface area (TPSA) is 105 Å². The molecule has 0 aliphatic carbocycles. The number of benzene rings is 1. The van der Waals surface area contributed by atoms with E-state index in [1.165, 1.54) is 0 Å². The van der Waals surface area contributed by atoms with Crippen LogP contribution in [-0.4, -0.2) is 47.7 Å². The number of aliphatic hydroxyl groups is 2. The molecule has 0 radical (unpaired) electrons. The second-order valence-electron chi connectivity index (χ2n) is 4.74. The van der Waals surface area contributed by atoms with Crippen molar-refractivity contribution in [3.05, 3.63) is 35.9 Å². The minimum atomic E-state index is -0.916. The predicted octanol–water partition coefficient (Wildman–Crippen LogP) is 0.0243. The van der Waals surface area contributed by atoms with Crippen LogP contribution in [0.2, 0.25) is 0 Å². The minimum Gasteiger partial charge on any atom is -0.443 e. The fraction of sp³-hybridized carbons (Fsp3) is 0.500. The van der Waals surface area contributed by atoms with Gasteiger partial charge in [-0.25, -0.2) is 4.79 Å². The van der Waals surface area contributed by atoms with Crippen LogP contribution in [0.1, 0.15) is 12.5 Å². The summed E-state index contributed by atoms with van der Waals surface area (Å²) < 4.78 is 4.96. The van der Waals surface area contributed by atoms with E-state index in [2.05, 4.69) is 5.32 Å². The van der Waals surface area contributed by atoms with Gasteiger partial charge in [0.05, 0.1) is 6.10 Å². The van der Waals surface area contributed by atoms with Gasteiger partial charge in [-0.05, 0) is 12.5 Å². The van der Waals surface area contributed by atoms with Crippen LogP contribution in [0.3, 0.4) is 0 Å². The Labute approximate surface area is 118 Å².